The second-order valence-electron chi connectivity index (χ2n) is 8.39. The number of thiazole rings is 1. The molecule has 0 amide bonds. The van der Waals surface area contributed by atoms with E-state index in [0.717, 1.165) is 41.8 Å². The molecule has 0 saturated carbocycles. The Morgan fingerprint density at radius 2 is 1.71 bits per heavy atom. The number of nitrogens with zero attached hydrogens (tertiary/aromatic N) is 4. The largest absolute Gasteiger partial charge is 0.353 e. The Kier molecular flexibility index (Phi) is 7.92. The van der Waals surface area contributed by atoms with Crippen molar-refractivity contribution in [3.8, 4) is 32.4 Å². The van der Waals surface area contributed by atoms with Gasteiger partial charge in [0.15, 0.2) is 10.7 Å². The third kappa shape index (κ3) is 5.86. The van der Waals surface area contributed by atoms with E-state index < -0.39 is 43.9 Å². The zero-order chi connectivity index (χ0) is 29.1. The molecule has 0 fully saturated rings. The van der Waals surface area contributed by atoms with Gasteiger partial charge in [-0.25, -0.2) is 40.9 Å². The van der Waals surface area contributed by atoms with Crippen molar-refractivity contribution in [1.29, 1.82) is 0 Å². The van der Waals surface area contributed by atoms with Crippen molar-refractivity contribution in [2.75, 3.05) is 23.1 Å². The Morgan fingerprint density at radius 1 is 0.951 bits per heavy atom. The van der Waals surface area contributed by atoms with Crippen molar-refractivity contribution in [3.05, 3.63) is 90.4 Å². The molecule has 0 atom stereocenters. The molecule has 3 heterocycles. The maximum Gasteiger partial charge on any atom is 0.267 e. The van der Waals surface area contributed by atoms with Gasteiger partial charge in [0, 0.05) is 36.6 Å². The van der Waals surface area contributed by atoms with Gasteiger partial charge in [-0.1, -0.05) is 12.1 Å². The monoisotopic (exact) mass is 601 g/mol. The summed E-state index contributed by atoms with van der Waals surface area (Å²) in [6.45, 7) is 0.708. The molecule has 9 nitrogen and oxygen atoms in total. The third-order valence-electron chi connectivity index (χ3n) is 5.58. The number of halogens is 4. The molecule has 5 aromatic rings. The highest BCUT2D eigenvalue weighted by Crippen LogP contribution is 2.42. The average molecular weight is 602 g/mol. The quantitative estimate of drug-likeness (QED) is 0.200. The average Bonchev–Trinajstić information content (AvgIpc) is 3.38. The second-order valence-corrected chi connectivity index (χ2v) is 11.0. The van der Waals surface area contributed by atoms with Gasteiger partial charge in [0.05, 0.1) is 28.1 Å². The zero-order valence-electron chi connectivity index (χ0n) is 20.8. The molecule has 210 valence electrons. The molecule has 5 rings (SSSR count). The van der Waals surface area contributed by atoms with Crippen molar-refractivity contribution < 1.29 is 26.0 Å². The van der Waals surface area contributed by atoms with Crippen LogP contribution in [0.25, 0.3) is 32.4 Å². The smallest absolute Gasteiger partial charge is 0.267 e. The standard InChI is InChI=1S/C26H19F4N7O2S2/c27-15-11-14(12-32-13-15)25-36-22(23(40-25)20-7-9-33-26(35-20)34-10-8-31)16-3-1-6-19(21(16)30)37-41(38,39)24-17(28)4-2-5-18(24)29/h1-7,9,11-13,37H,8,10,31H2,(H,33,34,35). The number of anilines is 2. The van der Waals surface area contributed by atoms with Crippen molar-refractivity contribution >= 4 is 33.0 Å². The minimum absolute atomic E-state index is 0.0494. The number of rotatable bonds is 9. The maximum absolute atomic E-state index is 15.9. The van der Waals surface area contributed by atoms with Gasteiger partial charge < -0.3 is 11.1 Å². The van der Waals surface area contributed by atoms with Crippen LogP contribution in [0.2, 0.25) is 0 Å². The number of pyridine rings is 1. The lowest BCUT2D eigenvalue weighted by Gasteiger charge is -2.12. The summed E-state index contributed by atoms with van der Waals surface area (Å²) in [6.07, 6.45) is 3.87. The van der Waals surface area contributed by atoms with Gasteiger partial charge in [-0.05, 0) is 36.4 Å². The van der Waals surface area contributed by atoms with Gasteiger partial charge in [-0.2, -0.15) is 0 Å². The van der Waals surface area contributed by atoms with E-state index in [9.17, 15) is 21.6 Å². The second kappa shape index (κ2) is 11.6. The number of hydrogen-bond donors (Lipinski definition) is 3. The summed E-state index contributed by atoms with van der Waals surface area (Å²) in [6, 6.07) is 9.09. The molecule has 3 aromatic heterocycles. The van der Waals surface area contributed by atoms with E-state index in [0.29, 0.717) is 29.2 Å². The van der Waals surface area contributed by atoms with Crippen LogP contribution in [0.1, 0.15) is 0 Å². The first-order valence-corrected chi connectivity index (χ1v) is 14.1. The summed E-state index contributed by atoms with van der Waals surface area (Å²) in [5.41, 5.74) is 5.50. The molecule has 0 aliphatic rings. The summed E-state index contributed by atoms with van der Waals surface area (Å²) < 4.78 is 85.9. The highest BCUT2D eigenvalue weighted by atomic mass is 32.2. The summed E-state index contributed by atoms with van der Waals surface area (Å²) >= 11 is 1.07. The maximum atomic E-state index is 15.9. The van der Waals surface area contributed by atoms with E-state index in [2.05, 4.69) is 25.3 Å². The van der Waals surface area contributed by atoms with Crippen LogP contribution in [0.4, 0.5) is 29.2 Å². The van der Waals surface area contributed by atoms with Gasteiger partial charge in [0.2, 0.25) is 5.95 Å². The molecular formula is C26H19F4N7O2S2. The lowest BCUT2D eigenvalue weighted by atomic mass is 10.1. The normalized spacial score (nSPS) is 11.4. The van der Waals surface area contributed by atoms with Crippen LogP contribution in [-0.4, -0.2) is 41.4 Å². The Bertz CT molecular complexity index is 1830. The molecule has 2 aromatic carbocycles. The Balaban J connectivity index is 1.63. The molecule has 0 bridgehead atoms. The molecule has 41 heavy (non-hydrogen) atoms. The van der Waals surface area contributed by atoms with Crippen LogP contribution in [0, 0.1) is 23.3 Å². The van der Waals surface area contributed by atoms with Crippen molar-refractivity contribution in [3.63, 3.8) is 0 Å². The van der Waals surface area contributed by atoms with E-state index >= 15 is 4.39 Å². The van der Waals surface area contributed by atoms with Crippen LogP contribution in [0.5, 0.6) is 0 Å². The number of benzene rings is 2. The highest BCUT2D eigenvalue weighted by molar-refractivity contribution is 7.92. The number of hydrogen-bond acceptors (Lipinski definition) is 9. The van der Waals surface area contributed by atoms with Gasteiger partial charge in [0.25, 0.3) is 10.0 Å². The summed E-state index contributed by atoms with van der Waals surface area (Å²) in [4.78, 5) is 16.0. The summed E-state index contributed by atoms with van der Waals surface area (Å²) in [7, 11) is -4.86. The van der Waals surface area contributed by atoms with E-state index in [4.69, 9.17) is 5.73 Å². The van der Waals surface area contributed by atoms with E-state index in [1.54, 1.807) is 6.07 Å². The highest BCUT2D eigenvalue weighted by Gasteiger charge is 2.27. The first-order chi connectivity index (χ1) is 19.7. The Labute approximate surface area is 235 Å². The van der Waals surface area contributed by atoms with Gasteiger partial charge >= 0.3 is 0 Å². The molecule has 0 spiro atoms. The molecule has 0 unspecified atom stereocenters. The fourth-order valence-corrected chi connectivity index (χ4v) is 6.04. The van der Waals surface area contributed by atoms with E-state index in [1.165, 1.54) is 30.6 Å². The number of nitrogens with one attached hydrogen (secondary N) is 2. The van der Waals surface area contributed by atoms with Gasteiger partial charge in [0.1, 0.15) is 22.5 Å². The topological polar surface area (TPSA) is 136 Å². The lowest BCUT2D eigenvalue weighted by molar-refractivity contribution is 0.521. The van der Waals surface area contributed by atoms with Crippen LogP contribution in [0.15, 0.2) is 72.0 Å². The minimum Gasteiger partial charge on any atom is -0.353 e. The number of aromatic nitrogens is 4. The van der Waals surface area contributed by atoms with Crippen LogP contribution in [0.3, 0.4) is 0 Å². The van der Waals surface area contributed by atoms with Crippen molar-refractivity contribution in [1.82, 2.24) is 19.9 Å². The molecule has 15 heteroatoms. The molecule has 4 N–H and O–H groups in total. The third-order valence-corrected chi connectivity index (χ3v) is 8.12. The van der Waals surface area contributed by atoms with E-state index in [-0.39, 0.29) is 22.2 Å². The van der Waals surface area contributed by atoms with Crippen LogP contribution in [-0.2, 0) is 10.0 Å². The lowest BCUT2D eigenvalue weighted by Crippen LogP contribution is -2.17. The summed E-state index contributed by atoms with van der Waals surface area (Å²) in [5.74, 6) is -4.12. The SMILES string of the molecule is NCCNc1nccc(-c2sc(-c3cncc(F)c3)nc2-c2cccc(NS(=O)(=O)c3c(F)cccc3F)c2F)n1. The predicted molar refractivity (Wildman–Crippen MR) is 146 cm³/mol. The van der Waals surface area contributed by atoms with Crippen molar-refractivity contribution in [2.45, 2.75) is 4.90 Å². The van der Waals surface area contributed by atoms with Gasteiger partial charge in [-0.3, -0.25) is 9.71 Å². The fraction of sp³-hybridized carbons (Fsp3) is 0.0769. The number of sulfonamides is 1. The van der Waals surface area contributed by atoms with Crippen molar-refractivity contribution in [2.24, 2.45) is 5.73 Å². The Hall–Kier alpha value is -4.47. The first-order valence-electron chi connectivity index (χ1n) is 11.8. The van der Waals surface area contributed by atoms with Gasteiger partial charge in [-0.15, -0.1) is 11.3 Å². The Morgan fingerprint density at radius 3 is 2.44 bits per heavy atom. The molecule has 0 aliphatic heterocycles. The molecule has 0 radical (unpaired) electrons. The van der Waals surface area contributed by atoms with E-state index in [1.807, 2.05) is 4.72 Å². The fourth-order valence-electron chi connectivity index (χ4n) is 3.81. The first kappa shape index (κ1) is 28.1. The molecular weight excluding hydrogens is 582 g/mol. The van der Waals surface area contributed by atoms with Crippen LogP contribution < -0.4 is 15.8 Å². The predicted octanol–water partition coefficient (Wildman–Crippen LogP) is 5.06. The number of nitrogens with two attached hydrogens (primary N) is 1. The molecule has 0 aliphatic carbocycles. The van der Waals surface area contributed by atoms with Crippen LogP contribution >= 0.6 is 11.3 Å². The minimum atomic E-state index is -4.86. The zero-order valence-corrected chi connectivity index (χ0v) is 22.4. The summed E-state index contributed by atoms with van der Waals surface area (Å²) in [5, 5.41) is 3.22. The molecule has 0 saturated heterocycles.